The fourth-order valence-corrected chi connectivity index (χ4v) is 2.22. The molecule has 0 aliphatic heterocycles. The highest BCUT2D eigenvalue weighted by molar-refractivity contribution is 14.1. The van der Waals surface area contributed by atoms with Crippen molar-refractivity contribution >= 4 is 39.7 Å². The van der Waals surface area contributed by atoms with Gasteiger partial charge in [0.15, 0.2) is 11.6 Å². The van der Waals surface area contributed by atoms with Crippen LogP contribution in [0.5, 0.6) is 0 Å². The van der Waals surface area contributed by atoms with Crippen molar-refractivity contribution in [3.8, 4) is 0 Å². The van der Waals surface area contributed by atoms with E-state index in [0.717, 1.165) is 0 Å². The number of benzene rings is 2. The second kappa shape index (κ2) is 5.65. The van der Waals surface area contributed by atoms with Gasteiger partial charge in [0.25, 0.3) is 5.69 Å². The van der Waals surface area contributed by atoms with Crippen molar-refractivity contribution in [1.82, 2.24) is 0 Å². The van der Waals surface area contributed by atoms with Crippen LogP contribution in [0.25, 0.3) is 0 Å². The SMILES string of the molecule is O=[N+]([O-])c1ccc(Nc2cc(F)c(F)cc2F)cc1I. The van der Waals surface area contributed by atoms with Crippen LogP contribution in [0.3, 0.4) is 0 Å². The lowest BCUT2D eigenvalue weighted by Crippen LogP contribution is -1.98. The van der Waals surface area contributed by atoms with Gasteiger partial charge in [0, 0.05) is 23.9 Å². The van der Waals surface area contributed by atoms with Gasteiger partial charge >= 0.3 is 0 Å². The van der Waals surface area contributed by atoms with Crippen LogP contribution in [-0.4, -0.2) is 4.92 Å². The van der Waals surface area contributed by atoms with E-state index in [4.69, 9.17) is 0 Å². The van der Waals surface area contributed by atoms with Crippen molar-refractivity contribution in [2.75, 3.05) is 5.32 Å². The smallest absolute Gasteiger partial charge is 0.282 e. The summed E-state index contributed by atoms with van der Waals surface area (Å²) in [5.74, 6) is -3.44. The van der Waals surface area contributed by atoms with Crippen LogP contribution < -0.4 is 5.32 Å². The van der Waals surface area contributed by atoms with Crippen molar-refractivity contribution in [3.05, 3.63) is 61.5 Å². The quantitative estimate of drug-likeness (QED) is 0.364. The first kappa shape index (κ1) is 14.6. The molecule has 104 valence electrons. The van der Waals surface area contributed by atoms with Crippen molar-refractivity contribution in [3.63, 3.8) is 0 Å². The average Bonchev–Trinajstić information content (AvgIpc) is 2.35. The molecular formula is C12H6F3IN2O2. The zero-order chi connectivity index (χ0) is 14.9. The Morgan fingerprint density at radius 2 is 1.70 bits per heavy atom. The number of nitrogens with zero attached hydrogens (tertiary/aromatic N) is 1. The highest BCUT2D eigenvalue weighted by Crippen LogP contribution is 2.27. The van der Waals surface area contributed by atoms with Crippen LogP contribution in [0, 0.1) is 31.1 Å². The fourth-order valence-electron chi connectivity index (χ4n) is 1.51. The molecule has 0 amide bonds. The third kappa shape index (κ3) is 3.00. The minimum atomic E-state index is -1.29. The highest BCUT2D eigenvalue weighted by Gasteiger charge is 2.13. The predicted octanol–water partition coefficient (Wildman–Crippen LogP) is 4.36. The second-order valence-electron chi connectivity index (χ2n) is 3.79. The minimum Gasteiger partial charge on any atom is -0.353 e. The number of nitrogens with one attached hydrogen (secondary N) is 1. The Balaban J connectivity index is 2.33. The molecule has 0 aliphatic carbocycles. The largest absolute Gasteiger partial charge is 0.353 e. The third-order valence-electron chi connectivity index (χ3n) is 2.43. The summed E-state index contributed by atoms with van der Waals surface area (Å²) >= 11 is 1.76. The van der Waals surface area contributed by atoms with Gasteiger partial charge in [0.2, 0.25) is 0 Å². The molecule has 2 rings (SSSR count). The fraction of sp³-hybridized carbons (Fsp3) is 0. The molecule has 0 saturated carbocycles. The summed E-state index contributed by atoms with van der Waals surface area (Å²) in [5, 5.41) is 13.2. The van der Waals surface area contributed by atoms with Gasteiger partial charge in [0.1, 0.15) is 5.82 Å². The molecule has 20 heavy (non-hydrogen) atoms. The van der Waals surface area contributed by atoms with E-state index >= 15 is 0 Å². The number of anilines is 2. The van der Waals surface area contributed by atoms with Crippen molar-refractivity contribution in [2.45, 2.75) is 0 Å². The minimum absolute atomic E-state index is 0.0955. The van der Waals surface area contributed by atoms with Crippen LogP contribution in [0.2, 0.25) is 0 Å². The zero-order valence-electron chi connectivity index (χ0n) is 9.66. The maximum absolute atomic E-state index is 13.4. The summed E-state index contributed by atoms with van der Waals surface area (Å²) in [5.41, 5.74) is -0.0274. The summed E-state index contributed by atoms with van der Waals surface area (Å²) in [6.45, 7) is 0. The molecule has 0 saturated heterocycles. The Bertz CT molecular complexity index is 695. The van der Waals surface area contributed by atoms with Gasteiger partial charge in [-0.15, -0.1) is 0 Å². The van der Waals surface area contributed by atoms with E-state index in [-0.39, 0.29) is 11.4 Å². The lowest BCUT2D eigenvalue weighted by Gasteiger charge is -2.08. The lowest BCUT2D eigenvalue weighted by atomic mass is 10.2. The predicted molar refractivity (Wildman–Crippen MR) is 75.4 cm³/mol. The van der Waals surface area contributed by atoms with Gasteiger partial charge in [-0.05, 0) is 34.7 Å². The Morgan fingerprint density at radius 1 is 1.05 bits per heavy atom. The molecule has 2 aromatic carbocycles. The van der Waals surface area contributed by atoms with Crippen LogP contribution in [0.1, 0.15) is 0 Å². The lowest BCUT2D eigenvalue weighted by molar-refractivity contribution is -0.385. The summed E-state index contributed by atoms with van der Waals surface area (Å²) in [6, 6.07) is 5.09. The van der Waals surface area contributed by atoms with E-state index in [1.807, 2.05) is 0 Å². The number of rotatable bonds is 3. The van der Waals surface area contributed by atoms with Gasteiger partial charge < -0.3 is 5.32 Å². The molecule has 8 heteroatoms. The van der Waals surface area contributed by atoms with Crippen molar-refractivity contribution < 1.29 is 18.1 Å². The molecule has 0 aromatic heterocycles. The first-order chi connectivity index (χ1) is 9.38. The number of nitro benzene ring substituents is 1. The molecule has 0 aliphatic rings. The average molecular weight is 394 g/mol. The van der Waals surface area contributed by atoms with E-state index < -0.39 is 22.4 Å². The number of nitro groups is 1. The van der Waals surface area contributed by atoms with Crippen LogP contribution >= 0.6 is 22.6 Å². The Hall–Kier alpha value is -1.84. The van der Waals surface area contributed by atoms with Gasteiger partial charge in [0.05, 0.1) is 14.2 Å². The van der Waals surface area contributed by atoms with Gasteiger partial charge in [-0.3, -0.25) is 10.1 Å². The van der Waals surface area contributed by atoms with Crippen molar-refractivity contribution in [2.24, 2.45) is 0 Å². The zero-order valence-corrected chi connectivity index (χ0v) is 11.8. The van der Waals surface area contributed by atoms with Crippen molar-refractivity contribution in [1.29, 1.82) is 0 Å². The van der Waals surface area contributed by atoms with Crippen LogP contribution in [-0.2, 0) is 0 Å². The molecule has 2 aromatic rings. The Labute approximate surface area is 124 Å². The summed E-state index contributed by atoms with van der Waals surface area (Å²) in [4.78, 5) is 10.1. The number of hydrogen-bond acceptors (Lipinski definition) is 3. The highest BCUT2D eigenvalue weighted by atomic mass is 127. The number of hydrogen-bond donors (Lipinski definition) is 1. The maximum atomic E-state index is 13.4. The molecular weight excluding hydrogens is 388 g/mol. The standard InChI is InChI=1S/C12H6F3IN2O2/c13-7-4-9(15)11(5-8(7)14)17-6-1-2-12(18(19)20)10(16)3-6/h1-5,17H. The molecule has 0 radical (unpaired) electrons. The Morgan fingerprint density at radius 3 is 2.30 bits per heavy atom. The topological polar surface area (TPSA) is 55.2 Å². The van der Waals surface area contributed by atoms with Crippen LogP contribution in [0.4, 0.5) is 30.2 Å². The Kier molecular flexibility index (Phi) is 4.12. The first-order valence-electron chi connectivity index (χ1n) is 5.24. The second-order valence-corrected chi connectivity index (χ2v) is 4.96. The normalized spacial score (nSPS) is 10.4. The van der Waals surface area contributed by atoms with E-state index in [9.17, 15) is 23.3 Å². The van der Waals surface area contributed by atoms with E-state index in [1.165, 1.54) is 18.2 Å². The summed E-state index contributed by atoms with van der Waals surface area (Å²) in [7, 11) is 0. The van der Waals surface area contributed by atoms with Gasteiger partial charge in [-0.25, -0.2) is 13.2 Å². The third-order valence-corrected chi connectivity index (χ3v) is 3.30. The van der Waals surface area contributed by atoms with E-state index in [0.29, 0.717) is 21.4 Å². The summed E-state index contributed by atoms with van der Waals surface area (Å²) in [6.07, 6.45) is 0. The molecule has 0 unspecified atom stereocenters. The molecule has 4 nitrogen and oxygen atoms in total. The van der Waals surface area contributed by atoms with Gasteiger partial charge in [-0.2, -0.15) is 0 Å². The molecule has 0 atom stereocenters. The van der Waals surface area contributed by atoms with Gasteiger partial charge in [-0.1, -0.05) is 0 Å². The molecule has 0 bridgehead atoms. The molecule has 1 N–H and O–H groups in total. The van der Waals surface area contributed by atoms with E-state index in [2.05, 4.69) is 5.32 Å². The monoisotopic (exact) mass is 394 g/mol. The molecule has 0 spiro atoms. The maximum Gasteiger partial charge on any atom is 0.282 e. The molecule has 0 heterocycles. The first-order valence-corrected chi connectivity index (χ1v) is 6.32. The van der Waals surface area contributed by atoms with E-state index in [1.54, 1.807) is 22.6 Å². The molecule has 0 fully saturated rings. The number of halogens is 4. The summed E-state index contributed by atoms with van der Waals surface area (Å²) < 4.78 is 39.6. The van der Waals surface area contributed by atoms with Crippen LogP contribution in [0.15, 0.2) is 30.3 Å².